The highest BCUT2D eigenvalue weighted by Crippen LogP contribution is 2.29. The zero-order valence-corrected chi connectivity index (χ0v) is 10.2. The van der Waals surface area contributed by atoms with Gasteiger partial charge in [-0.25, -0.2) is 0 Å². The van der Waals surface area contributed by atoms with Crippen molar-refractivity contribution >= 4 is 11.7 Å². The molecule has 1 fully saturated rings. The normalized spacial score (nSPS) is 38.8. The fraction of sp³-hybridized carbons (Fsp3) is 0.800. The van der Waals surface area contributed by atoms with Gasteiger partial charge < -0.3 is 35.6 Å². The molecule has 1 heterocycles. The van der Waals surface area contributed by atoms with E-state index in [1.807, 2.05) is 0 Å². The van der Waals surface area contributed by atoms with Gasteiger partial charge in [0, 0.05) is 6.92 Å². The molecule has 1 amide bonds. The Morgan fingerprint density at radius 1 is 1.26 bits per heavy atom. The summed E-state index contributed by atoms with van der Waals surface area (Å²) in [4.78, 5) is 22.6. The first-order valence-corrected chi connectivity index (χ1v) is 5.56. The lowest BCUT2D eigenvalue weighted by Crippen LogP contribution is -2.73. The Bertz CT molecular complexity index is 361. The van der Waals surface area contributed by atoms with Crippen LogP contribution >= 0.6 is 0 Å². The minimum absolute atomic E-state index is 0.688. The van der Waals surface area contributed by atoms with Crippen molar-refractivity contribution < 1.29 is 39.9 Å². The van der Waals surface area contributed by atoms with Crippen LogP contribution in [0.5, 0.6) is 0 Å². The molecule has 0 aromatic carbocycles. The smallest absolute Gasteiger partial charge is 0.253 e. The average molecular weight is 279 g/mol. The summed E-state index contributed by atoms with van der Waals surface area (Å²) in [5, 5.41) is 49.4. The molecule has 0 bridgehead atoms. The first kappa shape index (κ1) is 16.0. The van der Waals surface area contributed by atoms with E-state index < -0.39 is 55.0 Å². The molecule has 0 aromatic rings. The average Bonchev–Trinajstić information content (AvgIpc) is 2.37. The van der Waals surface area contributed by atoms with Crippen molar-refractivity contribution in [1.82, 2.24) is 5.32 Å². The number of carbonyl (C=O) groups is 2. The number of rotatable bonds is 4. The molecule has 1 saturated heterocycles. The summed E-state index contributed by atoms with van der Waals surface area (Å²) in [7, 11) is 0. The van der Waals surface area contributed by atoms with Gasteiger partial charge in [-0.05, 0) is 0 Å². The van der Waals surface area contributed by atoms with E-state index in [-0.39, 0.29) is 0 Å². The van der Waals surface area contributed by atoms with Crippen molar-refractivity contribution in [2.45, 2.75) is 37.1 Å². The summed E-state index contributed by atoms with van der Waals surface area (Å²) in [6, 6.07) is -1.66. The van der Waals surface area contributed by atoms with Gasteiger partial charge in [0.2, 0.25) is 11.7 Å². The lowest BCUT2D eigenvalue weighted by atomic mass is 9.88. The van der Waals surface area contributed by atoms with Gasteiger partial charge in [0.1, 0.15) is 31.0 Å². The van der Waals surface area contributed by atoms with Gasteiger partial charge in [0.05, 0.1) is 6.61 Å². The van der Waals surface area contributed by atoms with Crippen LogP contribution < -0.4 is 5.32 Å². The molecule has 0 saturated carbocycles. The topological polar surface area (TPSA) is 157 Å². The minimum atomic E-state index is -2.73. The molecule has 0 radical (unpaired) electrons. The first-order chi connectivity index (χ1) is 8.77. The van der Waals surface area contributed by atoms with E-state index in [4.69, 9.17) is 14.9 Å². The number of hydrogen-bond acceptors (Lipinski definition) is 8. The predicted octanol–water partition coefficient (Wildman–Crippen LogP) is -4.15. The molecule has 110 valence electrons. The fourth-order valence-corrected chi connectivity index (χ4v) is 1.92. The fourth-order valence-electron chi connectivity index (χ4n) is 1.92. The van der Waals surface area contributed by atoms with Crippen LogP contribution in [0.25, 0.3) is 0 Å². The number of aliphatic hydroxyl groups is 5. The van der Waals surface area contributed by atoms with Crippen LogP contribution in [-0.4, -0.2) is 80.6 Å². The first-order valence-electron chi connectivity index (χ1n) is 5.56. The van der Waals surface area contributed by atoms with E-state index in [2.05, 4.69) is 5.32 Å². The van der Waals surface area contributed by atoms with E-state index in [0.717, 1.165) is 6.92 Å². The number of ketones is 1. The lowest BCUT2D eigenvalue weighted by Gasteiger charge is -2.46. The molecule has 1 aliphatic heterocycles. The number of ether oxygens (including phenoxy) is 1. The molecule has 0 spiro atoms. The second-order valence-electron chi connectivity index (χ2n) is 4.28. The molecule has 9 nitrogen and oxygen atoms in total. The summed E-state index contributed by atoms with van der Waals surface area (Å²) >= 11 is 0. The zero-order valence-electron chi connectivity index (χ0n) is 10.2. The van der Waals surface area contributed by atoms with Crippen LogP contribution in [0.4, 0.5) is 0 Å². The van der Waals surface area contributed by atoms with E-state index in [1.54, 1.807) is 0 Å². The van der Waals surface area contributed by atoms with Crippen molar-refractivity contribution in [2.75, 3.05) is 13.2 Å². The minimum Gasteiger partial charge on any atom is -0.394 e. The summed E-state index contributed by atoms with van der Waals surface area (Å²) in [5.74, 6) is -4.63. The Hall–Kier alpha value is -1.10. The Balaban J connectivity index is 3.13. The third-order valence-corrected chi connectivity index (χ3v) is 2.91. The lowest BCUT2D eigenvalue weighted by molar-refractivity contribution is -0.302. The van der Waals surface area contributed by atoms with Crippen LogP contribution in [0.1, 0.15) is 6.92 Å². The van der Waals surface area contributed by atoms with Crippen LogP contribution in [0.15, 0.2) is 0 Å². The SMILES string of the molecule is CC(=O)N[C@H]1[C@@H](O)[C@H](O)[C@@H](CO)OC1(O)C(=O)CO. The monoisotopic (exact) mass is 279 g/mol. The third kappa shape index (κ3) is 2.91. The highest BCUT2D eigenvalue weighted by Gasteiger charge is 2.57. The van der Waals surface area contributed by atoms with E-state index in [0.29, 0.717) is 0 Å². The van der Waals surface area contributed by atoms with Gasteiger partial charge in [-0.1, -0.05) is 0 Å². The summed E-state index contributed by atoms with van der Waals surface area (Å²) in [6.45, 7) is -0.805. The third-order valence-electron chi connectivity index (χ3n) is 2.91. The molecule has 5 atom stereocenters. The molecule has 1 rings (SSSR count). The van der Waals surface area contributed by atoms with Crippen LogP contribution in [-0.2, 0) is 14.3 Å². The molecular formula is C10H17NO8. The quantitative estimate of drug-likeness (QED) is 0.303. The van der Waals surface area contributed by atoms with Gasteiger partial charge in [0.25, 0.3) is 5.79 Å². The maximum atomic E-state index is 11.5. The Morgan fingerprint density at radius 2 is 1.84 bits per heavy atom. The highest BCUT2D eigenvalue weighted by molar-refractivity contribution is 5.88. The van der Waals surface area contributed by atoms with Gasteiger partial charge in [0.15, 0.2) is 0 Å². The second kappa shape index (κ2) is 5.90. The summed E-state index contributed by atoms with van der Waals surface area (Å²) in [6.07, 6.45) is -4.80. The Morgan fingerprint density at radius 3 is 2.26 bits per heavy atom. The molecule has 0 aliphatic carbocycles. The maximum Gasteiger partial charge on any atom is 0.253 e. The number of carbonyl (C=O) groups excluding carboxylic acids is 2. The van der Waals surface area contributed by atoms with Gasteiger partial charge in [-0.15, -0.1) is 0 Å². The molecule has 0 aromatic heterocycles. The van der Waals surface area contributed by atoms with Crippen molar-refractivity contribution in [2.24, 2.45) is 0 Å². The molecule has 19 heavy (non-hydrogen) atoms. The molecule has 1 aliphatic rings. The molecule has 6 N–H and O–H groups in total. The standard InChI is InChI=1S/C10H17NO8/c1-4(14)11-9-8(17)7(16)5(2-12)19-10(9,18)6(15)3-13/h5,7-9,12-13,16-18H,2-3H2,1H3,(H,11,14)/t5-,7-,8+,9+,10?/m1/s1. The van der Waals surface area contributed by atoms with Crippen LogP contribution in [0, 0.1) is 0 Å². The predicted molar refractivity (Wildman–Crippen MR) is 58.6 cm³/mol. The Kier molecular flexibility index (Phi) is 4.96. The number of Topliss-reactive ketones (excluding diaryl/α,β-unsaturated/α-hetero) is 1. The Labute approximate surface area is 108 Å². The molecule has 1 unspecified atom stereocenters. The number of amides is 1. The van der Waals surface area contributed by atoms with E-state index in [1.165, 1.54) is 0 Å². The summed E-state index contributed by atoms with van der Waals surface area (Å²) in [5.41, 5.74) is 0. The summed E-state index contributed by atoms with van der Waals surface area (Å²) < 4.78 is 4.84. The number of aliphatic hydroxyl groups excluding tert-OH is 4. The van der Waals surface area contributed by atoms with Crippen molar-refractivity contribution in [3.63, 3.8) is 0 Å². The van der Waals surface area contributed by atoms with Gasteiger partial charge >= 0.3 is 0 Å². The molecular weight excluding hydrogens is 262 g/mol. The molecule has 9 heteroatoms. The number of hydrogen-bond donors (Lipinski definition) is 6. The largest absolute Gasteiger partial charge is 0.394 e. The van der Waals surface area contributed by atoms with Gasteiger partial charge in [-0.2, -0.15) is 0 Å². The number of nitrogens with one attached hydrogen (secondary N) is 1. The second-order valence-corrected chi connectivity index (χ2v) is 4.28. The van der Waals surface area contributed by atoms with Gasteiger partial charge in [-0.3, -0.25) is 9.59 Å². The van der Waals surface area contributed by atoms with Crippen LogP contribution in [0.2, 0.25) is 0 Å². The van der Waals surface area contributed by atoms with Crippen molar-refractivity contribution in [3.8, 4) is 0 Å². The zero-order chi connectivity index (χ0) is 14.8. The van der Waals surface area contributed by atoms with Crippen molar-refractivity contribution in [1.29, 1.82) is 0 Å². The van der Waals surface area contributed by atoms with Crippen LogP contribution in [0.3, 0.4) is 0 Å². The highest BCUT2D eigenvalue weighted by atomic mass is 16.7. The van der Waals surface area contributed by atoms with Crippen molar-refractivity contribution in [3.05, 3.63) is 0 Å². The van der Waals surface area contributed by atoms with E-state index >= 15 is 0 Å². The van der Waals surface area contributed by atoms with E-state index in [9.17, 15) is 24.9 Å². The maximum absolute atomic E-state index is 11.5.